The van der Waals surface area contributed by atoms with E-state index >= 15 is 0 Å². The molecule has 1 N–H and O–H groups in total. The predicted octanol–water partition coefficient (Wildman–Crippen LogP) is 3.82. The highest BCUT2D eigenvalue weighted by Gasteiger charge is 2.15. The number of pyridine rings is 1. The quantitative estimate of drug-likeness (QED) is 0.781. The first-order valence-corrected chi connectivity index (χ1v) is 8.33. The summed E-state index contributed by atoms with van der Waals surface area (Å²) in [6.07, 6.45) is 3.24. The van der Waals surface area contributed by atoms with E-state index in [1.165, 1.54) is 0 Å². The minimum atomic E-state index is -0.904. The van der Waals surface area contributed by atoms with Crippen LogP contribution in [0.4, 0.5) is 14.5 Å². The third-order valence-electron chi connectivity index (χ3n) is 4.11. The second-order valence-electron chi connectivity index (χ2n) is 6.06. The molecule has 0 amide bonds. The molecule has 2 aromatic rings. The molecule has 1 unspecified atom stereocenters. The Morgan fingerprint density at radius 1 is 1.38 bits per heavy atom. The number of rotatable bonds is 7. The molecule has 4 nitrogen and oxygen atoms in total. The van der Waals surface area contributed by atoms with Crippen LogP contribution in [0.3, 0.4) is 0 Å². The van der Waals surface area contributed by atoms with Gasteiger partial charge in [0, 0.05) is 36.5 Å². The van der Waals surface area contributed by atoms with E-state index in [-0.39, 0.29) is 11.6 Å². The van der Waals surface area contributed by atoms with E-state index in [1.54, 1.807) is 13.0 Å². The van der Waals surface area contributed by atoms with Gasteiger partial charge in [0.1, 0.15) is 5.52 Å². The molecule has 1 aliphatic rings. The number of benzene rings is 1. The standard InChI is InChI=1S/C18H22F2N2O2/c1-12-10-16(14-5-6-15(19)17(20)18(14)22-12)21-7-3-8-23-11-13-4-2-9-24-13/h5-6,10,13H,2-4,7-9,11H2,1H3,(H,21,22). The lowest BCUT2D eigenvalue weighted by molar-refractivity contribution is 0.0172. The maximum absolute atomic E-state index is 13.9. The van der Waals surface area contributed by atoms with Gasteiger partial charge >= 0.3 is 0 Å². The molecule has 1 aliphatic heterocycles. The van der Waals surface area contributed by atoms with Crippen molar-refractivity contribution in [2.75, 3.05) is 31.7 Å². The minimum absolute atomic E-state index is 0.0622. The summed E-state index contributed by atoms with van der Waals surface area (Å²) in [5.41, 5.74) is 1.46. The normalized spacial score (nSPS) is 17.5. The lowest BCUT2D eigenvalue weighted by atomic mass is 10.1. The molecule has 0 bridgehead atoms. The smallest absolute Gasteiger partial charge is 0.185 e. The number of ether oxygens (including phenoxy) is 2. The van der Waals surface area contributed by atoms with E-state index in [0.29, 0.717) is 30.8 Å². The molecule has 0 saturated carbocycles. The third-order valence-corrected chi connectivity index (χ3v) is 4.11. The number of nitrogens with zero attached hydrogens (tertiary/aromatic N) is 1. The Labute approximate surface area is 140 Å². The van der Waals surface area contributed by atoms with Gasteiger partial charge in [-0.3, -0.25) is 0 Å². The molecule has 1 atom stereocenters. The highest BCUT2D eigenvalue weighted by molar-refractivity contribution is 5.91. The van der Waals surface area contributed by atoms with Crippen molar-refractivity contribution in [1.29, 1.82) is 0 Å². The van der Waals surface area contributed by atoms with Gasteiger partial charge < -0.3 is 14.8 Å². The fourth-order valence-corrected chi connectivity index (χ4v) is 2.90. The first kappa shape index (κ1) is 17.0. The highest BCUT2D eigenvalue weighted by Crippen LogP contribution is 2.26. The molecule has 1 fully saturated rings. The average Bonchev–Trinajstić information content (AvgIpc) is 3.08. The van der Waals surface area contributed by atoms with Crippen LogP contribution < -0.4 is 5.32 Å². The monoisotopic (exact) mass is 336 g/mol. The van der Waals surface area contributed by atoms with Crippen molar-refractivity contribution in [3.8, 4) is 0 Å². The summed E-state index contributed by atoms with van der Waals surface area (Å²) >= 11 is 0. The van der Waals surface area contributed by atoms with E-state index in [4.69, 9.17) is 9.47 Å². The topological polar surface area (TPSA) is 43.4 Å². The largest absolute Gasteiger partial charge is 0.384 e. The lowest BCUT2D eigenvalue weighted by Gasteiger charge is -2.12. The molecule has 1 aromatic carbocycles. The van der Waals surface area contributed by atoms with Gasteiger partial charge in [0.05, 0.1) is 12.7 Å². The Morgan fingerprint density at radius 2 is 2.25 bits per heavy atom. The van der Waals surface area contributed by atoms with Crippen LogP contribution in [0.25, 0.3) is 10.9 Å². The van der Waals surface area contributed by atoms with E-state index in [1.807, 2.05) is 6.07 Å². The predicted molar refractivity (Wildman–Crippen MR) is 89.3 cm³/mol. The van der Waals surface area contributed by atoms with E-state index in [9.17, 15) is 8.78 Å². The van der Waals surface area contributed by atoms with Gasteiger partial charge in [0.2, 0.25) is 0 Å². The van der Waals surface area contributed by atoms with Gasteiger partial charge in [0.15, 0.2) is 11.6 Å². The third kappa shape index (κ3) is 3.99. The molecule has 2 heterocycles. The molecule has 1 aromatic heterocycles. The molecule has 0 radical (unpaired) electrons. The minimum Gasteiger partial charge on any atom is -0.384 e. The van der Waals surface area contributed by atoms with Crippen molar-refractivity contribution in [2.45, 2.75) is 32.3 Å². The summed E-state index contributed by atoms with van der Waals surface area (Å²) in [5.74, 6) is -1.78. The van der Waals surface area contributed by atoms with Crippen molar-refractivity contribution in [3.05, 3.63) is 35.5 Å². The van der Waals surface area contributed by atoms with Crippen molar-refractivity contribution in [1.82, 2.24) is 4.98 Å². The van der Waals surface area contributed by atoms with Gasteiger partial charge in [0.25, 0.3) is 0 Å². The van der Waals surface area contributed by atoms with E-state index in [2.05, 4.69) is 10.3 Å². The van der Waals surface area contributed by atoms with Crippen LogP contribution in [-0.2, 0) is 9.47 Å². The maximum atomic E-state index is 13.9. The molecule has 0 spiro atoms. The second kappa shape index (κ2) is 7.85. The molecule has 6 heteroatoms. The first-order valence-electron chi connectivity index (χ1n) is 8.33. The fraction of sp³-hybridized carbons (Fsp3) is 0.500. The molecular formula is C18H22F2N2O2. The zero-order chi connectivity index (χ0) is 16.9. The highest BCUT2D eigenvalue weighted by atomic mass is 19.2. The van der Waals surface area contributed by atoms with Crippen molar-refractivity contribution in [2.24, 2.45) is 0 Å². The van der Waals surface area contributed by atoms with E-state index < -0.39 is 11.6 Å². The number of anilines is 1. The van der Waals surface area contributed by atoms with Crippen LogP contribution in [0, 0.1) is 18.6 Å². The van der Waals surface area contributed by atoms with Gasteiger partial charge in [-0.2, -0.15) is 0 Å². The number of fused-ring (bicyclic) bond motifs is 1. The summed E-state index contributed by atoms with van der Waals surface area (Å²) in [4.78, 5) is 4.10. The van der Waals surface area contributed by atoms with Crippen molar-refractivity contribution in [3.63, 3.8) is 0 Å². The Bertz CT molecular complexity index is 703. The number of aryl methyl sites for hydroxylation is 1. The van der Waals surface area contributed by atoms with Gasteiger partial charge in [-0.05, 0) is 44.4 Å². The van der Waals surface area contributed by atoms with Crippen LogP contribution in [0.1, 0.15) is 25.0 Å². The van der Waals surface area contributed by atoms with Crippen LogP contribution >= 0.6 is 0 Å². The zero-order valence-electron chi connectivity index (χ0n) is 13.8. The van der Waals surface area contributed by atoms with E-state index in [0.717, 1.165) is 37.6 Å². The Hall–Kier alpha value is -1.79. The number of aromatic nitrogens is 1. The van der Waals surface area contributed by atoms with Crippen LogP contribution in [0.2, 0.25) is 0 Å². The number of hydrogen-bond acceptors (Lipinski definition) is 4. The summed E-state index contributed by atoms with van der Waals surface area (Å²) in [6.45, 7) is 4.56. The van der Waals surface area contributed by atoms with Crippen molar-refractivity contribution < 1.29 is 18.3 Å². The summed E-state index contributed by atoms with van der Waals surface area (Å²) in [6, 6.07) is 4.52. The number of hydrogen-bond donors (Lipinski definition) is 1. The molecule has 3 rings (SSSR count). The molecular weight excluding hydrogens is 314 g/mol. The maximum Gasteiger partial charge on any atom is 0.185 e. The van der Waals surface area contributed by atoms with Crippen LogP contribution in [-0.4, -0.2) is 37.5 Å². The SMILES string of the molecule is Cc1cc(NCCCOCC2CCCO2)c2ccc(F)c(F)c2n1. The summed E-state index contributed by atoms with van der Waals surface area (Å²) < 4.78 is 38.4. The summed E-state index contributed by atoms with van der Waals surface area (Å²) in [7, 11) is 0. The van der Waals surface area contributed by atoms with Crippen molar-refractivity contribution >= 4 is 16.6 Å². The molecule has 24 heavy (non-hydrogen) atoms. The van der Waals surface area contributed by atoms with Crippen LogP contribution in [0.15, 0.2) is 18.2 Å². The molecule has 0 aliphatic carbocycles. The second-order valence-corrected chi connectivity index (χ2v) is 6.06. The summed E-state index contributed by atoms with van der Waals surface area (Å²) in [5, 5.41) is 3.85. The Balaban J connectivity index is 1.54. The molecule has 130 valence electrons. The Kier molecular flexibility index (Phi) is 5.58. The first-order chi connectivity index (χ1) is 11.6. The van der Waals surface area contributed by atoms with Gasteiger partial charge in [-0.15, -0.1) is 0 Å². The van der Waals surface area contributed by atoms with Gasteiger partial charge in [-0.25, -0.2) is 13.8 Å². The lowest BCUT2D eigenvalue weighted by Crippen LogP contribution is -2.15. The number of nitrogens with one attached hydrogen (secondary N) is 1. The van der Waals surface area contributed by atoms with Gasteiger partial charge in [-0.1, -0.05) is 0 Å². The number of halogens is 2. The zero-order valence-corrected chi connectivity index (χ0v) is 13.8. The molecule has 1 saturated heterocycles. The van der Waals surface area contributed by atoms with Crippen LogP contribution in [0.5, 0.6) is 0 Å². The Morgan fingerprint density at radius 3 is 3.04 bits per heavy atom. The average molecular weight is 336 g/mol. The fourth-order valence-electron chi connectivity index (χ4n) is 2.90.